The van der Waals surface area contributed by atoms with Crippen LogP contribution in [-0.4, -0.2) is 7.11 Å². The van der Waals surface area contributed by atoms with E-state index in [1.807, 2.05) is 0 Å². The monoisotopic (exact) mass is 98.0 g/mol. The SMILES string of the molecule is COC1=CNN[C]1. The van der Waals surface area contributed by atoms with Gasteiger partial charge in [0.25, 0.3) is 0 Å². The third-order valence-corrected chi connectivity index (χ3v) is 0.681. The van der Waals surface area contributed by atoms with Gasteiger partial charge in [-0.15, -0.1) is 0 Å². The van der Waals surface area contributed by atoms with Crippen LogP contribution in [0.15, 0.2) is 12.0 Å². The second kappa shape index (κ2) is 1.84. The summed E-state index contributed by atoms with van der Waals surface area (Å²) < 4.78 is 4.74. The third-order valence-electron chi connectivity index (χ3n) is 0.681. The van der Waals surface area contributed by atoms with Crippen molar-refractivity contribution in [1.82, 2.24) is 10.9 Å². The molecule has 3 heteroatoms. The molecule has 1 heterocycles. The summed E-state index contributed by atoms with van der Waals surface area (Å²) in [6, 6.07) is 0. The molecular formula is C4H6N2O. The minimum absolute atomic E-state index is 0.694. The maximum absolute atomic E-state index is 4.74. The number of ether oxygens (including phenoxy) is 1. The minimum Gasteiger partial charge on any atom is -0.497 e. The molecule has 0 aromatic carbocycles. The zero-order chi connectivity index (χ0) is 5.11. The first-order valence-corrected chi connectivity index (χ1v) is 1.94. The molecule has 0 unspecified atom stereocenters. The summed E-state index contributed by atoms with van der Waals surface area (Å²) in [6.45, 7) is 2.68. The van der Waals surface area contributed by atoms with Gasteiger partial charge in [-0.3, -0.25) is 0 Å². The highest BCUT2D eigenvalue weighted by molar-refractivity contribution is 5.06. The Hall–Kier alpha value is -0.700. The largest absolute Gasteiger partial charge is 0.497 e. The molecule has 0 aromatic heterocycles. The van der Waals surface area contributed by atoms with Crippen LogP contribution >= 0.6 is 0 Å². The lowest BCUT2D eigenvalue weighted by Crippen LogP contribution is -2.16. The molecule has 38 valence electrons. The molecule has 1 rings (SSSR count). The van der Waals surface area contributed by atoms with Gasteiger partial charge in [-0.1, -0.05) is 0 Å². The van der Waals surface area contributed by atoms with Gasteiger partial charge in [-0.2, -0.15) is 0 Å². The van der Waals surface area contributed by atoms with Crippen LogP contribution in [0.25, 0.3) is 0 Å². The summed E-state index contributed by atoms with van der Waals surface area (Å²) in [5, 5.41) is 0. The summed E-state index contributed by atoms with van der Waals surface area (Å²) in [6.07, 6.45) is 1.68. The van der Waals surface area contributed by atoms with Crippen LogP contribution in [0.4, 0.5) is 0 Å². The van der Waals surface area contributed by atoms with E-state index < -0.39 is 0 Å². The van der Waals surface area contributed by atoms with E-state index in [9.17, 15) is 0 Å². The molecule has 0 saturated heterocycles. The topological polar surface area (TPSA) is 33.3 Å². The van der Waals surface area contributed by atoms with Crippen LogP contribution in [-0.2, 0) is 4.74 Å². The number of rotatable bonds is 1. The van der Waals surface area contributed by atoms with Gasteiger partial charge in [-0.05, 0) is 0 Å². The molecule has 1 aliphatic heterocycles. The fraction of sp³-hybridized carbons (Fsp3) is 0.250. The van der Waals surface area contributed by atoms with E-state index in [1.165, 1.54) is 0 Å². The Morgan fingerprint density at radius 2 is 2.71 bits per heavy atom. The maximum atomic E-state index is 4.74. The van der Waals surface area contributed by atoms with E-state index >= 15 is 0 Å². The summed E-state index contributed by atoms with van der Waals surface area (Å²) in [7, 11) is 1.59. The van der Waals surface area contributed by atoms with Crippen molar-refractivity contribution in [2.75, 3.05) is 7.11 Å². The number of hydrogen-bond acceptors (Lipinski definition) is 3. The molecule has 0 fully saturated rings. The van der Waals surface area contributed by atoms with Crippen molar-refractivity contribution in [3.8, 4) is 0 Å². The summed E-state index contributed by atoms with van der Waals surface area (Å²) in [5.74, 6) is 0.694. The first-order valence-electron chi connectivity index (χ1n) is 1.94. The van der Waals surface area contributed by atoms with Crippen LogP contribution < -0.4 is 10.9 Å². The van der Waals surface area contributed by atoms with Gasteiger partial charge in [0.05, 0.1) is 13.3 Å². The van der Waals surface area contributed by atoms with Crippen LogP contribution in [0.2, 0.25) is 0 Å². The van der Waals surface area contributed by atoms with Crippen molar-refractivity contribution in [2.45, 2.75) is 0 Å². The Morgan fingerprint density at radius 3 is 3.00 bits per heavy atom. The van der Waals surface area contributed by atoms with E-state index in [2.05, 4.69) is 17.4 Å². The van der Waals surface area contributed by atoms with E-state index in [1.54, 1.807) is 13.3 Å². The second-order valence-corrected chi connectivity index (χ2v) is 1.11. The zero-order valence-electron chi connectivity index (χ0n) is 3.99. The molecule has 2 radical (unpaired) electrons. The molecule has 0 amide bonds. The second-order valence-electron chi connectivity index (χ2n) is 1.11. The molecule has 3 nitrogen and oxygen atoms in total. The standard InChI is InChI=1S/C4H6N2O/c1-7-4-2-5-6-3-4/h2,5-6H,1H3. The maximum Gasteiger partial charge on any atom is 0.154 e. The van der Waals surface area contributed by atoms with Gasteiger partial charge >= 0.3 is 0 Å². The molecule has 2 N–H and O–H groups in total. The molecule has 1 aliphatic rings. The van der Waals surface area contributed by atoms with E-state index in [-0.39, 0.29) is 0 Å². The van der Waals surface area contributed by atoms with Crippen LogP contribution in [0.1, 0.15) is 0 Å². The quantitative estimate of drug-likeness (QED) is 0.469. The highest BCUT2D eigenvalue weighted by atomic mass is 16.5. The van der Waals surface area contributed by atoms with Crippen molar-refractivity contribution >= 4 is 0 Å². The predicted octanol–water partition coefficient (Wildman–Crippen LogP) is -0.379. The fourth-order valence-corrected chi connectivity index (χ4v) is 0.345. The minimum atomic E-state index is 0.694. The number of hydrazine groups is 1. The molecular weight excluding hydrogens is 92.1 g/mol. The van der Waals surface area contributed by atoms with Crippen LogP contribution in [0.3, 0.4) is 0 Å². The van der Waals surface area contributed by atoms with Crippen molar-refractivity contribution in [3.63, 3.8) is 0 Å². The summed E-state index contributed by atoms with van der Waals surface area (Å²) in [5.41, 5.74) is 5.28. The average Bonchev–Trinajstić information content (AvgIpc) is 2.14. The molecule has 0 bridgehead atoms. The van der Waals surface area contributed by atoms with Gasteiger partial charge in [0.15, 0.2) is 6.54 Å². The van der Waals surface area contributed by atoms with Gasteiger partial charge in [0.1, 0.15) is 5.76 Å². The molecule has 0 saturated carbocycles. The van der Waals surface area contributed by atoms with Crippen molar-refractivity contribution in [1.29, 1.82) is 0 Å². The smallest absolute Gasteiger partial charge is 0.154 e. The molecule has 0 atom stereocenters. The highest BCUT2D eigenvalue weighted by Crippen LogP contribution is 1.97. The molecule has 7 heavy (non-hydrogen) atoms. The fourth-order valence-electron chi connectivity index (χ4n) is 0.345. The van der Waals surface area contributed by atoms with Gasteiger partial charge in [-0.25, -0.2) is 5.43 Å². The Morgan fingerprint density at radius 1 is 1.86 bits per heavy atom. The Labute approximate surface area is 42.3 Å². The lowest BCUT2D eigenvalue weighted by molar-refractivity contribution is 0.300. The predicted molar refractivity (Wildman–Crippen MR) is 24.6 cm³/mol. The van der Waals surface area contributed by atoms with Crippen molar-refractivity contribution in [3.05, 3.63) is 18.5 Å². The first kappa shape index (κ1) is 4.46. The van der Waals surface area contributed by atoms with Gasteiger partial charge < -0.3 is 10.2 Å². The molecule has 0 spiro atoms. The van der Waals surface area contributed by atoms with Crippen molar-refractivity contribution < 1.29 is 4.74 Å². The van der Waals surface area contributed by atoms with E-state index in [4.69, 9.17) is 4.74 Å². The Bertz CT molecular complexity index is 89.7. The third kappa shape index (κ3) is 0.838. The number of hydrogen-bond donors (Lipinski definition) is 2. The number of methoxy groups -OCH3 is 1. The van der Waals surface area contributed by atoms with Crippen LogP contribution in [0.5, 0.6) is 0 Å². The normalized spacial score (nSPS) is 18.1. The summed E-state index contributed by atoms with van der Waals surface area (Å²) >= 11 is 0. The van der Waals surface area contributed by atoms with E-state index in [0.29, 0.717) is 5.76 Å². The highest BCUT2D eigenvalue weighted by Gasteiger charge is 2.01. The van der Waals surface area contributed by atoms with Gasteiger partial charge in [0.2, 0.25) is 0 Å². The Kier molecular flexibility index (Phi) is 1.17. The van der Waals surface area contributed by atoms with Crippen LogP contribution in [0, 0.1) is 6.54 Å². The van der Waals surface area contributed by atoms with E-state index in [0.717, 1.165) is 0 Å². The van der Waals surface area contributed by atoms with Gasteiger partial charge in [0, 0.05) is 0 Å². The Balaban J connectivity index is 2.36. The first-order chi connectivity index (χ1) is 3.43. The molecule has 0 aliphatic carbocycles. The lowest BCUT2D eigenvalue weighted by Gasteiger charge is -1.91. The average molecular weight is 98.1 g/mol. The van der Waals surface area contributed by atoms with Crippen molar-refractivity contribution in [2.24, 2.45) is 0 Å². The summed E-state index contributed by atoms with van der Waals surface area (Å²) in [4.78, 5) is 0. The number of nitrogens with one attached hydrogen (secondary N) is 2. The lowest BCUT2D eigenvalue weighted by atomic mass is 10.6. The zero-order valence-corrected chi connectivity index (χ0v) is 3.99. The molecule has 0 aromatic rings.